The van der Waals surface area contributed by atoms with Crippen LogP contribution in [0.25, 0.3) is 0 Å². The van der Waals surface area contributed by atoms with E-state index >= 15 is 0 Å². The standard InChI is InChI=1S/C20H25N5O.HI/c1-21-20(24-14-18-9-2-3-11-22-18)23-13-15-6-4-10-17(12-15)25-19(26)16-7-5-8-16;/h2-4,6,9-12,16H,5,7-8,13-14H2,1H3,(H,25,26)(H2,21,23,24);1H. The Kier molecular flexibility index (Phi) is 8.50. The summed E-state index contributed by atoms with van der Waals surface area (Å²) in [7, 11) is 1.74. The van der Waals surface area contributed by atoms with Gasteiger partial charge in [0.1, 0.15) is 0 Å². The van der Waals surface area contributed by atoms with Crippen molar-refractivity contribution >= 4 is 41.5 Å². The second-order valence-corrected chi connectivity index (χ2v) is 6.42. The number of rotatable bonds is 6. The zero-order valence-corrected chi connectivity index (χ0v) is 17.8. The van der Waals surface area contributed by atoms with Crippen molar-refractivity contribution in [3.05, 3.63) is 59.9 Å². The van der Waals surface area contributed by atoms with Crippen LogP contribution in [0.5, 0.6) is 0 Å². The number of carbonyl (C=O) groups excluding carboxylic acids is 1. The number of aromatic nitrogens is 1. The molecule has 1 saturated carbocycles. The van der Waals surface area contributed by atoms with Crippen molar-refractivity contribution in [1.82, 2.24) is 15.6 Å². The highest BCUT2D eigenvalue weighted by atomic mass is 127. The average Bonchev–Trinajstić information content (AvgIpc) is 2.61. The number of anilines is 1. The zero-order valence-electron chi connectivity index (χ0n) is 15.4. The molecule has 0 saturated heterocycles. The smallest absolute Gasteiger partial charge is 0.227 e. The van der Waals surface area contributed by atoms with Gasteiger partial charge in [-0.05, 0) is 42.7 Å². The topological polar surface area (TPSA) is 78.4 Å². The number of hydrogen-bond acceptors (Lipinski definition) is 3. The summed E-state index contributed by atoms with van der Waals surface area (Å²) in [5.74, 6) is 1.03. The molecule has 1 fully saturated rings. The van der Waals surface area contributed by atoms with Crippen molar-refractivity contribution in [3.8, 4) is 0 Å². The van der Waals surface area contributed by atoms with Crippen LogP contribution in [-0.4, -0.2) is 23.9 Å². The summed E-state index contributed by atoms with van der Waals surface area (Å²) >= 11 is 0. The molecule has 0 bridgehead atoms. The number of halogens is 1. The first-order valence-electron chi connectivity index (χ1n) is 8.99. The minimum Gasteiger partial charge on any atom is -0.352 e. The molecule has 1 aliphatic rings. The van der Waals surface area contributed by atoms with Gasteiger partial charge >= 0.3 is 0 Å². The number of hydrogen-bond donors (Lipinski definition) is 3. The molecule has 1 aromatic heterocycles. The molecule has 6 nitrogen and oxygen atoms in total. The molecule has 0 aliphatic heterocycles. The molecule has 0 spiro atoms. The second-order valence-electron chi connectivity index (χ2n) is 6.42. The first kappa shape index (κ1) is 21.1. The Balaban J connectivity index is 0.00000261. The number of aliphatic imine (C=N–C) groups is 1. The van der Waals surface area contributed by atoms with Crippen molar-refractivity contribution in [3.63, 3.8) is 0 Å². The van der Waals surface area contributed by atoms with Crippen LogP contribution in [0.1, 0.15) is 30.5 Å². The van der Waals surface area contributed by atoms with E-state index in [2.05, 4.69) is 25.9 Å². The van der Waals surface area contributed by atoms with E-state index in [1.54, 1.807) is 13.2 Å². The Bertz CT molecular complexity index is 762. The summed E-state index contributed by atoms with van der Waals surface area (Å²) in [5, 5.41) is 9.53. The molecule has 0 unspecified atom stereocenters. The Hall–Kier alpha value is -2.16. The lowest BCUT2D eigenvalue weighted by Gasteiger charge is -2.24. The summed E-state index contributed by atoms with van der Waals surface area (Å²) in [6, 6.07) is 13.7. The van der Waals surface area contributed by atoms with E-state index in [4.69, 9.17) is 0 Å². The molecule has 7 heteroatoms. The molecule has 0 radical (unpaired) electrons. The molecular weight excluding hydrogens is 453 g/mol. The Morgan fingerprint density at radius 3 is 2.63 bits per heavy atom. The fraction of sp³-hybridized carbons (Fsp3) is 0.350. The van der Waals surface area contributed by atoms with Gasteiger partial charge in [-0.25, -0.2) is 0 Å². The van der Waals surface area contributed by atoms with E-state index < -0.39 is 0 Å². The number of amides is 1. The first-order valence-corrected chi connectivity index (χ1v) is 8.99. The molecule has 1 aromatic carbocycles. The maximum atomic E-state index is 12.1. The van der Waals surface area contributed by atoms with Gasteiger partial charge in [0.05, 0.1) is 12.2 Å². The molecular formula is C20H26IN5O. The van der Waals surface area contributed by atoms with Gasteiger partial charge in [-0.15, -0.1) is 24.0 Å². The van der Waals surface area contributed by atoms with Gasteiger partial charge in [-0.2, -0.15) is 0 Å². The molecule has 1 aliphatic carbocycles. The van der Waals surface area contributed by atoms with Crippen LogP contribution in [-0.2, 0) is 17.9 Å². The SMILES string of the molecule is CN=C(NCc1cccc(NC(=O)C2CCC2)c1)NCc1ccccn1.I. The molecule has 3 N–H and O–H groups in total. The highest BCUT2D eigenvalue weighted by molar-refractivity contribution is 14.0. The minimum atomic E-state index is 0. The van der Waals surface area contributed by atoms with Crippen LogP contribution in [0.2, 0.25) is 0 Å². The molecule has 3 rings (SSSR count). The van der Waals surface area contributed by atoms with Gasteiger partial charge in [-0.1, -0.05) is 24.6 Å². The number of nitrogens with one attached hydrogen (secondary N) is 3. The second kappa shape index (κ2) is 10.9. The number of carbonyl (C=O) groups is 1. The van der Waals surface area contributed by atoms with Crippen LogP contribution in [0.3, 0.4) is 0 Å². The third-order valence-electron chi connectivity index (χ3n) is 4.52. The van der Waals surface area contributed by atoms with Crippen LogP contribution in [0.4, 0.5) is 5.69 Å². The average molecular weight is 479 g/mol. The van der Waals surface area contributed by atoms with Gasteiger partial charge < -0.3 is 16.0 Å². The number of guanidine groups is 1. The number of nitrogens with zero attached hydrogens (tertiary/aromatic N) is 2. The molecule has 1 amide bonds. The quantitative estimate of drug-likeness (QED) is 0.338. The number of pyridine rings is 1. The van der Waals surface area contributed by atoms with Crippen molar-refractivity contribution < 1.29 is 4.79 Å². The predicted molar refractivity (Wildman–Crippen MR) is 119 cm³/mol. The number of benzene rings is 1. The van der Waals surface area contributed by atoms with E-state index in [0.29, 0.717) is 19.0 Å². The molecule has 144 valence electrons. The summed E-state index contributed by atoms with van der Waals surface area (Å²) in [6.45, 7) is 1.23. The van der Waals surface area contributed by atoms with E-state index in [0.717, 1.165) is 36.2 Å². The third kappa shape index (κ3) is 6.50. The Morgan fingerprint density at radius 1 is 1.15 bits per heavy atom. The largest absolute Gasteiger partial charge is 0.352 e. The lowest BCUT2D eigenvalue weighted by molar-refractivity contribution is -0.122. The third-order valence-corrected chi connectivity index (χ3v) is 4.52. The van der Waals surface area contributed by atoms with Crippen molar-refractivity contribution in [2.75, 3.05) is 12.4 Å². The molecule has 27 heavy (non-hydrogen) atoms. The minimum absolute atomic E-state index is 0. The lowest BCUT2D eigenvalue weighted by atomic mass is 9.85. The van der Waals surface area contributed by atoms with Crippen molar-refractivity contribution in [1.29, 1.82) is 0 Å². The maximum absolute atomic E-state index is 12.1. The highest BCUT2D eigenvalue weighted by Gasteiger charge is 2.25. The molecule has 2 aromatic rings. The fourth-order valence-corrected chi connectivity index (χ4v) is 2.76. The van der Waals surface area contributed by atoms with Crippen LogP contribution < -0.4 is 16.0 Å². The first-order chi connectivity index (χ1) is 12.7. The summed E-state index contributed by atoms with van der Waals surface area (Å²) < 4.78 is 0. The van der Waals surface area contributed by atoms with Crippen LogP contribution in [0.15, 0.2) is 53.7 Å². The fourth-order valence-electron chi connectivity index (χ4n) is 2.76. The maximum Gasteiger partial charge on any atom is 0.227 e. The Morgan fingerprint density at radius 2 is 1.96 bits per heavy atom. The monoisotopic (exact) mass is 479 g/mol. The highest BCUT2D eigenvalue weighted by Crippen LogP contribution is 2.27. The molecule has 1 heterocycles. The normalized spacial score (nSPS) is 13.9. The summed E-state index contributed by atoms with van der Waals surface area (Å²) in [5.41, 5.74) is 2.88. The van der Waals surface area contributed by atoms with Gasteiger partial charge in [0.15, 0.2) is 5.96 Å². The van der Waals surface area contributed by atoms with Crippen LogP contribution in [0, 0.1) is 5.92 Å². The predicted octanol–water partition coefficient (Wildman–Crippen LogP) is 3.30. The van der Waals surface area contributed by atoms with Gasteiger partial charge in [0.2, 0.25) is 5.91 Å². The van der Waals surface area contributed by atoms with Gasteiger partial charge in [0.25, 0.3) is 0 Å². The zero-order chi connectivity index (χ0) is 18.2. The lowest BCUT2D eigenvalue weighted by Crippen LogP contribution is -2.36. The Labute approximate surface area is 177 Å². The van der Waals surface area contributed by atoms with E-state index in [-0.39, 0.29) is 35.8 Å². The van der Waals surface area contributed by atoms with Crippen molar-refractivity contribution in [2.24, 2.45) is 10.9 Å². The van der Waals surface area contributed by atoms with Gasteiger partial charge in [-0.3, -0.25) is 14.8 Å². The van der Waals surface area contributed by atoms with E-state index in [1.165, 1.54) is 0 Å². The van der Waals surface area contributed by atoms with E-state index in [1.807, 2.05) is 42.5 Å². The summed E-state index contributed by atoms with van der Waals surface area (Å²) in [4.78, 5) is 20.6. The van der Waals surface area contributed by atoms with E-state index in [9.17, 15) is 4.79 Å². The van der Waals surface area contributed by atoms with Gasteiger partial charge in [0, 0.05) is 31.4 Å². The summed E-state index contributed by atoms with van der Waals surface area (Å²) in [6.07, 6.45) is 4.94. The van der Waals surface area contributed by atoms with Crippen molar-refractivity contribution in [2.45, 2.75) is 32.4 Å². The molecule has 0 atom stereocenters. The van der Waals surface area contributed by atoms with Crippen LogP contribution >= 0.6 is 24.0 Å².